The summed E-state index contributed by atoms with van der Waals surface area (Å²) in [4.78, 5) is 6.01. The first-order valence-corrected chi connectivity index (χ1v) is 8.35. The molecule has 1 spiro atoms. The Hall–Kier alpha value is -1.45. The second kappa shape index (κ2) is 4.54. The number of thioether (sulfide) groups is 2. The van der Waals surface area contributed by atoms with Crippen molar-refractivity contribution < 1.29 is 0 Å². The average Bonchev–Trinajstić information content (AvgIpc) is 2.89. The number of hydrogen-bond donors (Lipinski definition) is 0. The van der Waals surface area contributed by atoms with Crippen LogP contribution < -0.4 is 0 Å². The van der Waals surface area contributed by atoms with Gasteiger partial charge in [0.2, 0.25) is 0 Å². The topological polar surface area (TPSA) is 12.4 Å². The molecule has 1 aliphatic heterocycles. The third-order valence-corrected chi connectivity index (χ3v) is 5.67. The molecule has 0 aromatic heterocycles. The molecule has 2 unspecified atom stereocenters. The fraction of sp³-hybridized carbons (Fsp3) is 0.118. The molecular weight excluding hydrogens is 282 g/mol. The monoisotopic (exact) mass is 295 g/mol. The average molecular weight is 295 g/mol. The third-order valence-electron chi connectivity index (χ3n) is 3.94. The molecule has 20 heavy (non-hydrogen) atoms. The van der Waals surface area contributed by atoms with Crippen molar-refractivity contribution in [3.8, 4) is 0 Å². The summed E-state index contributed by atoms with van der Waals surface area (Å²) in [5, 5.41) is 2.26. The zero-order valence-corrected chi connectivity index (χ0v) is 12.5. The highest BCUT2D eigenvalue weighted by Crippen LogP contribution is 2.49. The Morgan fingerprint density at radius 3 is 3.25 bits per heavy atom. The molecule has 0 radical (unpaired) electrons. The number of nitrogens with zero attached hydrogens (tertiary/aromatic N) is 1. The first kappa shape index (κ1) is 12.3. The van der Waals surface area contributed by atoms with E-state index in [0.29, 0.717) is 5.25 Å². The number of benzene rings is 1. The first-order valence-electron chi connectivity index (χ1n) is 6.53. The molecule has 1 heterocycles. The molecule has 3 heteroatoms. The number of rotatable bonds is 2. The van der Waals surface area contributed by atoms with Crippen molar-refractivity contribution in [3.63, 3.8) is 0 Å². The maximum absolute atomic E-state index is 4.78. The van der Waals surface area contributed by atoms with Crippen LogP contribution in [-0.2, 0) is 0 Å². The largest absolute Gasteiger partial charge is 0.269 e. The van der Waals surface area contributed by atoms with Crippen LogP contribution in [0.5, 0.6) is 0 Å². The van der Waals surface area contributed by atoms with Gasteiger partial charge < -0.3 is 0 Å². The van der Waals surface area contributed by atoms with Crippen LogP contribution in [0.25, 0.3) is 11.6 Å². The number of aliphatic imine (C=N–C) groups is 1. The van der Waals surface area contributed by atoms with Gasteiger partial charge in [0.1, 0.15) is 5.54 Å². The number of allylic oxidation sites excluding steroid dienone is 2. The van der Waals surface area contributed by atoms with E-state index >= 15 is 0 Å². The van der Waals surface area contributed by atoms with Crippen molar-refractivity contribution in [2.24, 2.45) is 4.99 Å². The normalized spacial score (nSPS) is 28.6. The molecule has 1 aromatic rings. The molecule has 4 rings (SSSR count). The lowest BCUT2D eigenvalue weighted by Crippen LogP contribution is -2.36. The van der Waals surface area contributed by atoms with Crippen LogP contribution >= 0.6 is 23.5 Å². The van der Waals surface area contributed by atoms with Gasteiger partial charge in [-0.1, -0.05) is 54.8 Å². The first-order chi connectivity index (χ1) is 9.83. The maximum Gasteiger partial charge on any atom is 0.121 e. The van der Waals surface area contributed by atoms with Gasteiger partial charge >= 0.3 is 0 Å². The zero-order valence-electron chi connectivity index (χ0n) is 10.8. The van der Waals surface area contributed by atoms with Crippen LogP contribution in [0, 0.1) is 0 Å². The summed E-state index contributed by atoms with van der Waals surface area (Å²) >= 11 is 3.46. The minimum Gasteiger partial charge on any atom is -0.269 e. The highest BCUT2D eigenvalue weighted by Gasteiger charge is 2.45. The second-order valence-corrected chi connectivity index (χ2v) is 6.98. The van der Waals surface area contributed by atoms with Crippen LogP contribution in [-0.4, -0.2) is 16.3 Å². The van der Waals surface area contributed by atoms with Crippen LogP contribution in [0.4, 0.5) is 0 Å². The highest BCUT2D eigenvalue weighted by molar-refractivity contribution is 8.13. The van der Waals surface area contributed by atoms with Crippen LogP contribution in [0.2, 0.25) is 0 Å². The number of hydrogen-bond acceptors (Lipinski definition) is 3. The molecule has 0 N–H and O–H groups in total. The smallest absolute Gasteiger partial charge is 0.121 e. The molecule has 1 aromatic carbocycles. The quantitative estimate of drug-likeness (QED) is 0.728. The van der Waals surface area contributed by atoms with Gasteiger partial charge in [0.25, 0.3) is 0 Å². The Balaban J connectivity index is 1.88. The van der Waals surface area contributed by atoms with Crippen molar-refractivity contribution in [1.82, 2.24) is 0 Å². The molecule has 3 aliphatic rings. The van der Waals surface area contributed by atoms with E-state index in [1.807, 2.05) is 11.0 Å². The van der Waals surface area contributed by atoms with E-state index in [-0.39, 0.29) is 5.54 Å². The van der Waals surface area contributed by atoms with E-state index in [1.54, 1.807) is 23.5 Å². The van der Waals surface area contributed by atoms with E-state index in [1.165, 1.54) is 21.6 Å². The molecule has 1 nitrogen and oxygen atoms in total. The SMILES string of the molecule is C=CSc1ccc2c(c1)C=CC13N=CSC1C=CC=C23. The Morgan fingerprint density at radius 1 is 1.40 bits per heavy atom. The summed E-state index contributed by atoms with van der Waals surface area (Å²) in [6.07, 6.45) is 11.1. The lowest BCUT2D eigenvalue weighted by atomic mass is 9.74. The summed E-state index contributed by atoms with van der Waals surface area (Å²) in [6.45, 7) is 3.78. The summed E-state index contributed by atoms with van der Waals surface area (Å²) in [5.74, 6) is 0. The lowest BCUT2D eigenvalue weighted by Gasteiger charge is -2.36. The molecule has 2 aliphatic carbocycles. The van der Waals surface area contributed by atoms with Gasteiger partial charge in [-0.05, 0) is 34.2 Å². The molecule has 2 atom stereocenters. The Kier molecular flexibility index (Phi) is 2.79. The van der Waals surface area contributed by atoms with Crippen molar-refractivity contribution in [2.75, 3.05) is 0 Å². The molecule has 0 bridgehead atoms. The summed E-state index contributed by atoms with van der Waals surface area (Å²) in [6, 6.07) is 6.61. The predicted octanol–water partition coefficient (Wildman–Crippen LogP) is 4.78. The van der Waals surface area contributed by atoms with Gasteiger partial charge in [-0.25, -0.2) is 0 Å². The van der Waals surface area contributed by atoms with E-state index in [4.69, 9.17) is 4.99 Å². The van der Waals surface area contributed by atoms with Gasteiger partial charge in [0.05, 0.1) is 10.8 Å². The van der Waals surface area contributed by atoms with Crippen molar-refractivity contribution in [3.05, 3.63) is 65.6 Å². The third kappa shape index (κ3) is 1.63. The van der Waals surface area contributed by atoms with Gasteiger partial charge in [0.15, 0.2) is 0 Å². The molecular formula is C17H13NS2. The fourth-order valence-corrected chi connectivity index (χ4v) is 4.56. The van der Waals surface area contributed by atoms with Crippen LogP contribution in [0.1, 0.15) is 11.1 Å². The molecule has 0 fully saturated rings. The predicted molar refractivity (Wildman–Crippen MR) is 91.2 cm³/mol. The summed E-state index contributed by atoms with van der Waals surface area (Å²) in [5.41, 5.74) is 5.70. The highest BCUT2D eigenvalue weighted by atomic mass is 32.2. The standard InChI is InChI=1S/C17H13NS2/c1-2-19-13-6-7-14-12(10-13)8-9-17-15(14)4-3-5-16(17)20-11-18-17/h2-11,16H,1H2. The van der Waals surface area contributed by atoms with Crippen LogP contribution in [0.3, 0.4) is 0 Å². The second-order valence-electron chi connectivity index (χ2n) is 4.95. The molecule has 0 saturated carbocycles. The van der Waals surface area contributed by atoms with Crippen molar-refractivity contribution >= 4 is 40.7 Å². The zero-order chi connectivity index (χ0) is 13.6. The van der Waals surface area contributed by atoms with Gasteiger partial charge in [-0.3, -0.25) is 4.99 Å². The van der Waals surface area contributed by atoms with E-state index in [0.717, 1.165) is 0 Å². The lowest BCUT2D eigenvalue weighted by molar-refractivity contribution is 0.712. The van der Waals surface area contributed by atoms with E-state index in [9.17, 15) is 0 Å². The van der Waals surface area contributed by atoms with Crippen molar-refractivity contribution in [1.29, 1.82) is 0 Å². The van der Waals surface area contributed by atoms with Gasteiger partial charge in [-0.2, -0.15) is 0 Å². The van der Waals surface area contributed by atoms with Gasteiger partial charge in [-0.15, -0.1) is 11.8 Å². The Morgan fingerprint density at radius 2 is 2.35 bits per heavy atom. The number of fused-ring (bicyclic) bond motifs is 2. The van der Waals surface area contributed by atoms with Gasteiger partial charge in [0, 0.05) is 4.90 Å². The molecule has 0 saturated heterocycles. The minimum atomic E-state index is -0.181. The van der Waals surface area contributed by atoms with E-state index < -0.39 is 0 Å². The maximum atomic E-state index is 4.78. The van der Waals surface area contributed by atoms with Crippen LogP contribution in [0.15, 0.2) is 64.4 Å². The van der Waals surface area contributed by atoms with Crippen molar-refractivity contribution in [2.45, 2.75) is 15.7 Å². The summed E-state index contributed by atoms with van der Waals surface area (Å²) < 4.78 is 0. The fourth-order valence-electron chi connectivity index (χ4n) is 3.00. The Bertz CT molecular complexity index is 712. The minimum absolute atomic E-state index is 0.181. The molecule has 0 amide bonds. The van der Waals surface area contributed by atoms with E-state index in [2.05, 4.69) is 55.2 Å². The Labute approximate surface area is 127 Å². The summed E-state index contributed by atoms with van der Waals surface area (Å²) in [7, 11) is 0. The molecule has 98 valence electrons.